The van der Waals surface area contributed by atoms with Crippen molar-refractivity contribution >= 4 is 5.97 Å². The summed E-state index contributed by atoms with van der Waals surface area (Å²) >= 11 is 0. The first-order valence-corrected chi connectivity index (χ1v) is 5.23. The second-order valence-electron chi connectivity index (χ2n) is 3.61. The van der Waals surface area contributed by atoms with Crippen LogP contribution in [0.1, 0.15) is 12.0 Å². The van der Waals surface area contributed by atoms with Crippen LogP contribution in [-0.4, -0.2) is 13.1 Å². The number of para-hydroxylation sites is 1. The fourth-order valence-corrected chi connectivity index (χ4v) is 1.74. The van der Waals surface area contributed by atoms with Crippen molar-refractivity contribution in [1.29, 1.82) is 5.26 Å². The Morgan fingerprint density at radius 1 is 1.41 bits per heavy atom. The topological polar surface area (TPSA) is 59.3 Å². The Balaban J connectivity index is 2.36. The van der Waals surface area contributed by atoms with Crippen molar-refractivity contribution < 1.29 is 14.3 Å². The Morgan fingerprint density at radius 3 is 2.88 bits per heavy atom. The SMILES string of the molecule is COC(=O)C(C#N)=C1CCc2ccccc2O1. The van der Waals surface area contributed by atoms with Gasteiger partial charge in [-0.1, -0.05) is 18.2 Å². The van der Waals surface area contributed by atoms with Gasteiger partial charge in [-0.05, 0) is 18.1 Å². The van der Waals surface area contributed by atoms with Gasteiger partial charge in [-0.2, -0.15) is 5.26 Å². The maximum Gasteiger partial charge on any atom is 0.352 e. The number of nitriles is 1. The molecule has 1 aromatic carbocycles. The van der Waals surface area contributed by atoms with Gasteiger partial charge in [-0.15, -0.1) is 0 Å². The molecule has 17 heavy (non-hydrogen) atoms. The molecule has 1 aromatic rings. The number of carbonyl (C=O) groups is 1. The molecule has 0 saturated carbocycles. The van der Waals surface area contributed by atoms with Gasteiger partial charge in [0.05, 0.1) is 7.11 Å². The number of nitrogens with zero attached hydrogens (tertiary/aromatic N) is 1. The van der Waals surface area contributed by atoms with Crippen molar-refractivity contribution in [2.24, 2.45) is 0 Å². The first kappa shape index (κ1) is 11.2. The number of allylic oxidation sites excluding steroid dienone is 1. The molecule has 86 valence electrons. The van der Waals surface area contributed by atoms with Crippen LogP contribution in [0.4, 0.5) is 0 Å². The normalized spacial score (nSPS) is 16.2. The zero-order chi connectivity index (χ0) is 12.3. The highest BCUT2D eigenvalue weighted by molar-refractivity contribution is 5.93. The number of ether oxygens (including phenoxy) is 2. The fraction of sp³-hybridized carbons (Fsp3) is 0.231. The summed E-state index contributed by atoms with van der Waals surface area (Å²) in [5.74, 6) is 0.435. The molecule has 1 aliphatic heterocycles. The van der Waals surface area contributed by atoms with Gasteiger partial charge in [-0.3, -0.25) is 0 Å². The van der Waals surface area contributed by atoms with E-state index < -0.39 is 5.97 Å². The van der Waals surface area contributed by atoms with Crippen LogP contribution in [0, 0.1) is 11.3 Å². The molecule has 0 radical (unpaired) electrons. The first-order chi connectivity index (χ1) is 8.26. The molecule has 0 amide bonds. The third kappa shape index (κ3) is 2.13. The predicted molar refractivity (Wildman–Crippen MR) is 60.0 cm³/mol. The van der Waals surface area contributed by atoms with E-state index in [9.17, 15) is 4.79 Å². The molecule has 0 fully saturated rings. The van der Waals surface area contributed by atoms with Crippen LogP contribution in [0.25, 0.3) is 0 Å². The average molecular weight is 229 g/mol. The molecule has 0 bridgehead atoms. The number of rotatable bonds is 1. The lowest BCUT2D eigenvalue weighted by molar-refractivity contribution is -0.135. The van der Waals surface area contributed by atoms with Gasteiger partial charge in [0.2, 0.25) is 0 Å². The van der Waals surface area contributed by atoms with Gasteiger partial charge in [-0.25, -0.2) is 4.79 Å². The molecule has 0 spiro atoms. The fourth-order valence-electron chi connectivity index (χ4n) is 1.74. The molecular formula is C13H11NO3. The first-order valence-electron chi connectivity index (χ1n) is 5.23. The molecule has 2 rings (SSSR count). The zero-order valence-electron chi connectivity index (χ0n) is 9.40. The lowest BCUT2D eigenvalue weighted by Gasteiger charge is -2.19. The van der Waals surface area contributed by atoms with E-state index >= 15 is 0 Å². The minimum atomic E-state index is -0.651. The number of esters is 1. The Bertz CT molecular complexity index is 526. The summed E-state index contributed by atoms with van der Waals surface area (Å²) in [4.78, 5) is 11.4. The van der Waals surface area contributed by atoms with E-state index in [4.69, 9.17) is 10.00 Å². The lowest BCUT2D eigenvalue weighted by atomic mass is 10.0. The number of methoxy groups -OCH3 is 1. The maximum absolute atomic E-state index is 11.4. The van der Waals surface area contributed by atoms with Gasteiger partial charge in [0, 0.05) is 6.42 Å². The summed E-state index contributed by atoms with van der Waals surface area (Å²) in [6.45, 7) is 0. The van der Waals surface area contributed by atoms with Crippen LogP contribution < -0.4 is 4.74 Å². The highest BCUT2D eigenvalue weighted by atomic mass is 16.5. The van der Waals surface area contributed by atoms with E-state index in [0.717, 1.165) is 12.0 Å². The molecular weight excluding hydrogens is 218 g/mol. The highest BCUT2D eigenvalue weighted by Gasteiger charge is 2.22. The predicted octanol–water partition coefficient (Wildman–Crippen LogP) is 1.96. The van der Waals surface area contributed by atoms with Crippen LogP contribution in [0.5, 0.6) is 5.75 Å². The summed E-state index contributed by atoms with van der Waals surface area (Å²) in [6.07, 6.45) is 1.29. The molecule has 4 heteroatoms. The molecule has 1 aliphatic rings. The van der Waals surface area contributed by atoms with Gasteiger partial charge in [0.15, 0.2) is 5.57 Å². The standard InChI is InChI=1S/C13H11NO3/c1-16-13(15)10(8-14)12-7-6-9-4-2-3-5-11(9)17-12/h2-5H,6-7H2,1H3. The summed E-state index contributed by atoms with van der Waals surface area (Å²) in [7, 11) is 1.25. The average Bonchev–Trinajstić information content (AvgIpc) is 2.39. The van der Waals surface area contributed by atoms with Crippen LogP contribution >= 0.6 is 0 Å². The summed E-state index contributed by atoms with van der Waals surface area (Å²) in [5, 5.41) is 8.94. The smallest absolute Gasteiger partial charge is 0.352 e. The second-order valence-corrected chi connectivity index (χ2v) is 3.61. The Labute approximate surface area is 99.1 Å². The highest BCUT2D eigenvalue weighted by Crippen LogP contribution is 2.30. The van der Waals surface area contributed by atoms with E-state index in [0.29, 0.717) is 17.9 Å². The molecule has 0 aliphatic carbocycles. The van der Waals surface area contributed by atoms with Crippen molar-refractivity contribution in [3.8, 4) is 11.8 Å². The van der Waals surface area contributed by atoms with Crippen molar-refractivity contribution in [2.75, 3.05) is 7.11 Å². The van der Waals surface area contributed by atoms with Gasteiger partial charge < -0.3 is 9.47 Å². The number of hydrogen-bond acceptors (Lipinski definition) is 4. The quantitative estimate of drug-likeness (QED) is 0.419. The van der Waals surface area contributed by atoms with Crippen LogP contribution in [0.2, 0.25) is 0 Å². The van der Waals surface area contributed by atoms with Crippen molar-refractivity contribution in [1.82, 2.24) is 0 Å². The van der Waals surface area contributed by atoms with Gasteiger partial charge in [0.25, 0.3) is 0 Å². The van der Waals surface area contributed by atoms with Gasteiger partial charge in [0.1, 0.15) is 17.6 Å². The van der Waals surface area contributed by atoms with Crippen LogP contribution in [0.3, 0.4) is 0 Å². The van der Waals surface area contributed by atoms with E-state index in [1.807, 2.05) is 30.3 Å². The van der Waals surface area contributed by atoms with Crippen LogP contribution in [0.15, 0.2) is 35.6 Å². The number of aryl methyl sites for hydroxylation is 1. The third-order valence-corrected chi connectivity index (χ3v) is 2.61. The van der Waals surface area contributed by atoms with Gasteiger partial charge >= 0.3 is 5.97 Å². The zero-order valence-corrected chi connectivity index (χ0v) is 9.40. The minimum absolute atomic E-state index is 0.0537. The largest absolute Gasteiger partial charge is 0.465 e. The summed E-state index contributed by atoms with van der Waals surface area (Å²) in [6, 6.07) is 9.41. The molecule has 0 unspecified atom stereocenters. The van der Waals surface area contributed by atoms with E-state index in [-0.39, 0.29) is 5.57 Å². The van der Waals surface area contributed by atoms with E-state index in [2.05, 4.69) is 4.74 Å². The Morgan fingerprint density at radius 2 is 2.18 bits per heavy atom. The van der Waals surface area contributed by atoms with Crippen molar-refractivity contribution in [2.45, 2.75) is 12.8 Å². The maximum atomic E-state index is 11.4. The number of hydrogen-bond donors (Lipinski definition) is 0. The third-order valence-electron chi connectivity index (χ3n) is 2.61. The lowest BCUT2D eigenvalue weighted by Crippen LogP contribution is -2.14. The number of benzene rings is 1. The molecule has 0 N–H and O–H groups in total. The molecule has 0 atom stereocenters. The summed E-state index contributed by atoms with van der Waals surface area (Å²) in [5.41, 5.74) is 1.03. The Hall–Kier alpha value is -2.28. The number of fused-ring (bicyclic) bond motifs is 1. The molecule has 0 aromatic heterocycles. The molecule has 0 saturated heterocycles. The Kier molecular flexibility index (Phi) is 3.10. The monoisotopic (exact) mass is 229 g/mol. The van der Waals surface area contributed by atoms with Crippen LogP contribution in [-0.2, 0) is 16.0 Å². The number of carbonyl (C=O) groups excluding carboxylic acids is 1. The van der Waals surface area contributed by atoms with E-state index in [1.54, 1.807) is 0 Å². The second kappa shape index (κ2) is 4.71. The van der Waals surface area contributed by atoms with E-state index in [1.165, 1.54) is 7.11 Å². The summed E-state index contributed by atoms with van der Waals surface area (Å²) < 4.78 is 10.1. The van der Waals surface area contributed by atoms with Crippen molar-refractivity contribution in [3.05, 3.63) is 41.2 Å². The molecule has 4 nitrogen and oxygen atoms in total. The molecule has 1 heterocycles. The minimum Gasteiger partial charge on any atom is -0.465 e. The van der Waals surface area contributed by atoms with Crippen molar-refractivity contribution in [3.63, 3.8) is 0 Å².